The molecule has 2 aromatic carbocycles. The maximum Gasteiger partial charge on any atom is 0.176 e. The Morgan fingerprint density at radius 1 is 1.00 bits per heavy atom. The molecule has 4 heteroatoms. The molecule has 2 aromatic rings. The average Bonchev–Trinajstić information content (AvgIpc) is 2.93. The van der Waals surface area contributed by atoms with E-state index in [1.54, 1.807) is 0 Å². The van der Waals surface area contributed by atoms with Gasteiger partial charge < -0.3 is 4.90 Å². The highest BCUT2D eigenvalue weighted by atomic mass is 79.9. The molecule has 0 spiro atoms. The molecule has 1 unspecified atom stereocenters. The van der Waals surface area contributed by atoms with Crippen LogP contribution in [0.4, 0.5) is 5.69 Å². The Morgan fingerprint density at radius 2 is 1.72 bits per heavy atom. The highest BCUT2D eigenvalue weighted by Crippen LogP contribution is 2.63. The minimum absolute atomic E-state index is 0.216. The van der Waals surface area contributed by atoms with Crippen LogP contribution in [0, 0.1) is 0 Å². The van der Waals surface area contributed by atoms with Crippen LogP contribution < -0.4 is 4.90 Å². The molecule has 1 saturated heterocycles. The van der Waals surface area contributed by atoms with Crippen LogP contribution in [0.3, 0.4) is 0 Å². The van der Waals surface area contributed by atoms with E-state index in [0.717, 1.165) is 5.02 Å². The van der Waals surface area contributed by atoms with E-state index in [9.17, 15) is 0 Å². The van der Waals surface area contributed by atoms with Crippen LogP contribution in [0.15, 0.2) is 54.6 Å². The molecule has 0 amide bonds. The molecular formula is C14H10Br2ClN. The molecule has 0 N–H and O–H groups in total. The first-order valence-electron chi connectivity index (χ1n) is 5.58. The van der Waals surface area contributed by atoms with Gasteiger partial charge in [-0.3, -0.25) is 0 Å². The first-order valence-corrected chi connectivity index (χ1v) is 7.55. The minimum atomic E-state index is -0.216. The summed E-state index contributed by atoms with van der Waals surface area (Å²) >= 11 is 13.5. The summed E-state index contributed by atoms with van der Waals surface area (Å²) < 4.78 is -0.216. The zero-order valence-electron chi connectivity index (χ0n) is 9.35. The number of para-hydroxylation sites is 1. The van der Waals surface area contributed by atoms with Crippen molar-refractivity contribution < 1.29 is 0 Å². The number of alkyl halides is 2. The maximum atomic E-state index is 6.05. The van der Waals surface area contributed by atoms with E-state index in [1.165, 1.54) is 11.3 Å². The quantitative estimate of drug-likeness (QED) is 0.382. The van der Waals surface area contributed by atoms with Gasteiger partial charge in [-0.25, -0.2) is 0 Å². The fraction of sp³-hybridized carbons (Fsp3) is 0.143. The van der Waals surface area contributed by atoms with Gasteiger partial charge in [0.25, 0.3) is 0 Å². The highest BCUT2D eigenvalue weighted by Gasteiger charge is 2.60. The van der Waals surface area contributed by atoms with E-state index < -0.39 is 0 Å². The van der Waals surface area contributed by atoms with Crippen molar-refractivity contribution in [1.29, 1.82) is 0 Å². The molecule has 0 saturated carbocycles. The van der Waals surface area contributed by atoms with E-state index in [4.69, 9.17) is 11.6 Å². The van der Waals surface area contributed by atoms with E-state index >= 15 is 0 Å². The molecule has 0 aliphatic carbocycles. The average molecular weight is 388 g/mol. The summed E-state index contributed by atoms with van der Waals surface area (Å²) in [7, 11) is 0. The number of hydrogen-bond donors (Lipinski definition) is 0. The van der Waals surface area contributed by atoms with Crippen LogP contribution in [-0.2, 0) is 0 Å². The van der Waals surface area contributed by atoms with Crippen LogP contribution in [0.25, 0.3) is 0 Å². The number of benzene rings is 2. The molecule has 1 nitrogen and oxygen atoms in total. The Bertz CT molecular complexity index is 571. The normalized spacial score (nSPS) is 20.8. The standard InChI is InChI=1S/C14H10Br2ClN/c15-14(16)13(10-5-4-6-11(17)9-10)18(14)12-7-2-1-3-8-12/h1-9,13H. The van der Waals surface area contributed by atoms with Crippen molar-refractivity contribution in [2.45, 2.75) is 9.40 Å². The van der Waals surface area contributed by atoms with Gasteiger partial charge in [0.1, 0.15) is 6.04 Å². The summed E-state index contributed by atoms with van der Waals surface area (Å²) in [6.45, 7) is 0. The van der Waals surface area contributed by atoms with Gasteiger partial charge in [0, 0.05) is 10.7 Å². The summed E-state index contributed by atoms with van der Waals surface area (Å²) in [5.41, 5.74) is 2.37. The number of hydrogen-bond acceptors (Lipinski definition) is 1. The topological polar surface area (TPSA) is 3.01 Å². The van der Waals surface area contributed by atoms with Crippen LogP contribution in [0.2, 0.25) is 5.02 Å². The number of anilines is 1. The van der Waals surface area contributed by atoms with Crippen LogP contribution in [0.5, 0.6) is 0 Å². The minimum Gasteiger partial charge on any atom is -0.334 e. The summed E-state index contributed by atoms with van der Waals surface area (Å²) in [4.78, 5) is 2.26. The Kier molecular flexibility index (Phi) is 3.16. The van der Waals surface area contributed by atoms with Crippen molar-refractivity contribution >= 4 is 49.1 Å². The van der Waals surface area contributed by atoms with Gasteiger partial charge in [-0.2, -0.15) is 0 Å². The van der Waals surface area contributed by atoms with Crippen molar-refractivity contribution in [3.63, 3.8) is 0 Å². The van der Waals surface area contributed by atoms with Crippen molar-refractivity contribution in [2.75, 3.05) is 4.90 Å². The summed E-state index contributed by atoms with van der Waals surface area (Å²) in [5.74, 6) is 0. The van der Waals surface area contributed by atoms with Crippen LogP contribution in [0.1, 0.15) is 11.6 Å². The van der Waals surface area contributed by atoms with Crippen molar-refractivity contribution in [3.05, 3.63) is 65.2 Å². The van der Waals surface area contributed by atoms with E-state index in [2.05, 4.69) is 55.0 Å². The second-order valence-corrected chi connectivity index (χ2v) is 8.17. The zero-order valence-corrected chi connectivity index (χ0v) is 13.3. The van der Waals surface area contributed by atoms with Gasteiger partial charge in [-0.05, 0) is 61.7 Å². The molecule has 0 radical (unpaired) electrons. The fourth-order valence-electron chi connectivity index (χ4n) is 2.18. The Labute approximate surface area is 128 Å². The first kappa shape index (κ1) is 12.5. The predicted molar refractivity (Wildman–Crippen MR) is 83.7 cm³/mol. The van der Waals surface area contributed by atoms with Crippen molar-refractivity contribution in [3.8, 4) is 0 Å². The van der Waals surface area contributed by atoms with Gasteiger partial charge in [-0.1, -0.05) is 41.9 Å². The molecule has 0 bridgehead atoms. The lowest BCUT2D eigenvalue weighted by atomic mass is 10.1. The second kappa shape index (κ2) is 4.55. The number of halogens is 3. The van der Waals surface area contributed by atoms with Gasteiger partial charge in [0.15, 0.2) is 3.36 Å². The Balaban J connectivity index is 1.96. The SMILES string of the molecule is Clc1cccc(C2N(c3ccccc3)C2(Br)Br)c1. The lowest BCUT2D eigenvalue weighted by Crippen LogP contribution is -1.99. The number of nitrogens with zero attached hydrogens (tertiary/aromatic N) is 1. The summed E-state index contributed by atoms with van der Waals surface area (Å²) in [6.07, 6.45) is 0. The molecule has 3 rings (SSSR count). The molecule has 1 aliphatic rings. The Morgan fingerprint density at radius 3 is 2.39 bits per heavy atom. The molecule has 1 fully saturated rings. The maximum absolute atomic E-state index is 6.05. The van der Waals surface area contributed by atoms with Crippen LogP contribution >= 0.6 is 43.5 Å². The molecule has 1 atom stereocenters. The molecule has 92 valence electrons. The third kappa shape index (κ3) is 2.09. The lowest BCUT2D eigenvalue weighted by molar-refractivity contribution is 1.11. The second-order valence-electron chi connectivity index (χ2n) is 4.25. The fourth-order valence-corrected chi connectivity index (χ4v) is 3.93. The predicted octanol–water partition coefficient (Wildman–Crippen LogP) is 5.34. The van der Waals surface area contributed by atoms with E-state index in [0.29, 0.717) is 0 Å². The van der Waals surface area contributed by atoms with E-state index in [1.807, 2.05) is 36.4 Å². The smallest absolute Gasteiger partial charge is 0.176 e. The van der Waals surface area contributed by atoms with Gasteiger partial charge in [0.05, 0.1) is 0 Å². The molecule has 1 aliphatic heterocycles. The van der Waals surface area contributed by atoms with E-state index in [-0.39, 0.29) is 9.40 Å². The third-order valence-corrected chi connectivity index (χ3v) is 4.91. The molecule has 1 heterocycles. The first-order chi connectivity index (χ1) is 8.60. The van der Waals surface area contributed by atoms with Gasteiger partial charge >= 0.3 is 0 Å². The monoisotopic (exact) mass is 385 g/mol. The summed E-state index contributed by atoms with van der Waals surface area (Å²) in [5, 5.41) is 0.767. The van der Waals surface area contributed by atoms with Crippen molar-refractivity contribution in [2.24, 2.45) is 0 Å². The van der Waals surface area contributed by atoms with Crippen molar-refractivity contribution in [1.82, 2.24) is 0 Å². The summed E-state index contributed by atoms with van der Waals surface area (Å²) in [6, 6.07) is 18.5. The largest absolute Gasteiger partial charge is 0.334 e. The van der Waals surface area contributed by atoms with Crippen LogP contribution in [-0.4, -0.2) is 3.36 Å². The van der Waals surface area contributed by atoms with Gasteiger partial charge in [-0.15, -0.1) is 0 Å². The number of rotatable bonds is 2. The lowest BCUT2D eigenvalue weighted by Gasteiger charge is -2.05. The highest BCUT2D eigenvalue weighted by molar-refractivity contribution is 9.25. The van der Waals surface area contributed by atoms with Gasteiger partial charge in [0.2, 0.25) is 0 Å². The molecule has 0 aromatic heterocycles. The third-order valence-electron chi connectivity index (χ3n) is 3.04. The molecule has 18 heavy (non-hydrogen) atoms. The molecular weight excluding hydrogens is 377 g/mol. The Hall–Kier alpha value is -0.510. The zero-order chi connectivity index (χ0) is 12.8.